The van der Waals surface area contributed by atoms with Crippen LogP contribution >= 0.6 is 0 Å². The first kappa shape index (κ1) is 20.8. The monoisotopic (exact) mass is 390 g/mol. The van der Waals surface area contributed by atoms with Crippen molar-refractivity contribution in [1.82, 2.24) is 21.2 Å². The zero-order valence-corrected chi connectivity index (χ0v) is 17.2. The number of aryl methyl sites for hydroxylation is 1. The van der Waals surface area contributed by atoms with E-state index in [-0.39, 0.29) is 5.91 Å². The molecule has 0 bridgehead atoms. The molecule has 0 spiro atoms. The lowest BCUT2D eigenvalue weighted by atomic mass is 10.1. The Bertz CT molecular complexity index is 957. The van der Waals surface area contributed by atoms with Gasteiger partial charge in [0.05, 0.1) is 0 Å². The third-order valence-electron chi connectivity index (χ3n) is 4.90. The maximum absolute atomic E-state index is 11.7. The summed E-state index contributed by atoms with van der Waals surface area (Å²) in [5.41, 5.74) is 11.6. The summed E-state index contributed by atoms with van der Waals surface area (Å²) >= 11 is 0. The second-order valence-corrected chi connectivity index (χ2v) is 7.19. The van der Waals surface area contributed by atoms with Crippen LogP contribution in [0.1, 0.15) is 35.7 Å². The van der Waals surface area contributed by atoms with Gasteiger partial charge in [0.15, 0.2) is 0 Å². The number of hydrogen-bond donors (Lipinski definition) is 4. The van der Waals surface area contributed by atoms with Gasteiger partial charge < -0.3 is 10.3 Å². The largest absolute Gasteiger partial charge is 0.358 e. The maximum atomic E-state index is 11.7. The number of amides is 1. The van der Waals surface area contributed by atoms with E-state index in [1.165, 1.54) is 27.7 Å². The molecule has 5 nitrogen and oxygen atoms in total. The van der Waals surface area contributed by atoms with Crippen molar-refractivity contribution in [2.24, 2.45) is 0 Å². The van der Waals surface area contributed by atoms with Crippen LogP contribution in [-0.2, 0) is 17.8 Å². The Kier molecular flexibility index (Phi) is 7.61. The van der Waals surface area contributed by atoms with Crippen LogP contribution in [0.3, 0.4) is 0 Å². The smallest absolute Gasteiger partial charge is 0.258 e. The summed E-state index contributed by atoms with van der Waals surface area (Å²) in [5, 5.41) is 4.84. The van der Waals surface area contributed by atoms with Gasteiger partial charge in [-0.1, -0.05) is 49.4 Å². The lowest BCUT2D eigenvalue weighted by molar-refractivity contribution is -0.117. The summed E-state index contributed by atoms with van der Waals surface area (Å²) < 4.78 is 0. The van der Waals surface area contributed by atoms with Crippen molar-refractivity contribution in [3.05, 3.63) is 77.0 Å². The molecular weight excluding hydrogens is 360 g/mol. The van der Waals surface area contributed by atoms with Gasteiger partial charge in [0, 0.05) is 35.8 Å². The number of carbonyl (C=O) groups is 1. The van der Waals surface area contributed by atoms with Crippen LogP contribution in [0, 0.1) is 6.92 Å². The predicted molar refractivity (Wildman–Crippen MR) is 120 cm³/mol. The molecule has 3 aromatic rings. The molecule has 0 unspecified atom stereocenters. The van der Waals surface area contributed by atoms with Crippen LogP contribution < -0.4 is 16.2 Å². The van der Waals surface area contributed by atoms with Crippen LogP contribution in [0.25, 0.3) is 17.0 Å². The average molecular weight is 391 g/mol. The molecule has 1 aromatic heterocycles. The molecule has 5 heteroatoms. The molecule has 0 saturated carbocycles. The van der Waals surface area contributed by atoms with E-state index in [1.807, 2.05) is 18.2 Å². The molecule has 152 valence electrons. The third-order valence-corrected chi connectivity index (χ3v) is 4.90. The number of rotatable bonds is 10. The Balaban J connectivity index is 1.44. The van der Waals surface area contributed by atoms with E-state index in [1.54, 1.807) is 6.08 Å². The summed E-state index contributed by atoms with van der Waals surface area (Å²) in [6.45, 7) is 6.71. The van der Waals surface area contributed by atoms with E-state index in [0.29, 0.717) is 0 Å². The van der Waals surface area contributed by atoms with E-state index in [9.17, 15) is 4.79 Å². The lowest BCUT2D eigenvalue weighted by Gasteiger charge is -2.06. The van der Waals surface area contributed by atoms with Crippen LogP contribution in [0.15, 0.2) is 54.6 Å². The van der Waals surface area contributed by atoms with Crippen molar-refractivity contribution in [1.29, 1.82) is 0 Å². The molecule has 0 aliphatic heterocycles. The fourth-order valence-electron chi connectivity index (χ4n) is 3.34. The summed E-state index contributed by atoms with van der Waals surface area (Å²) in [6, 6.07) is 16.7. The Labute approximate surface area is 172 Å². The zero-order valence-electron chi connectivity index (χ0n) is 17.2. The second-order valence-electron chi connectivity index (χ2n) is 7.19. The SMILES string of the molecule is CCCNNC(=O)C=Cc1ccc(CNCCc2c(C)[nH]c3ccccc23)cc1. The van der Waals surface area contributed by atoms with Gasteiger partial charge in [-0.25, -0.2) is 5.43 Å². The van der Waals surface area contributed by atoms with E-state index >= 15 is 0 Å². The van der Waals surface area contributed by atoms with E-state index < -0.39 is 0 Å². The standard InChI is InChI=1S/C24H30N4O/c1-3-15-26-28-24(29)13-12-19-8-10-20(11-9-19)17-25-16-14-21-18(2)27-23-7-5-4-6-22(21)23/h4-13,25-27H,3,14-17H2,1-2H3,(H,28,29). The number of para-hydroxylation sites is 1. The van der Waals surface area contributed by atoms with Gasteiger partial charge in [-0.05, 0) is 55.1 Å². The molecule has 1 heterocycles. The highest BCUT2D eigenvalue weighted by Gasteiger charge is 2.07. The van der Waals surface area contributed by atoms with Gasteiger partial charge in [-0.3, -0.25) is 10.2 Å². The summed E-state index contributed by atoms with van der Waals surface area (Å²) in [7, 11) is 0. The van der Waals surface area contributed by atoms with Gasteiger partial charge in [-0.2, -0.15) is 0 Å². The Hall–Kier alpha value is -2.89. The summed E-state index contributed by atoms with van der Waals surface area (Å²) in [6.07, 6.45) is 5.33. The lowest BCUT2D eigenvalue weighted by Crippen LogP contribution is -2.36. The molecule has 0 aliphatic rings. The van der Waals surface area contributed by atoms with Gasteiger partial charge in [-0.15, -0.1) is 0 Å². The normalized spacial score (nSPS) is 11.4. The van der Waals surface area contributed by atoms with Gasteiger partial charge in [0.25, 0.3) is 5.91 Å². The number of hydrazine groups is 1. The number of nitrogens with one attached hydrogen (secondary N) is 4. The van der Waals surface area contributed by atoms with Gasteiger partial charge >= 0.3 is 0 Å². The first-order chi connectivity index (χ1) is 14.2. The van der Waals surface area contributed by atoms with Crippen molar-refractivity contribution in [3.8, 4) is 0 Å². The number of carbonyl (C=O) groups excluding carboxylic acids is 1. The van der Waals surface area contributed by atoms with Gasteiger partial charge in [0.2, 0.25) is 0 Å². The minimum atomic E-state index is -0.142. The van der Waals surface area contributed by atoms with Crippen molar-refractivity contribution >= 4 is 22.9 Å². The molecule has 0 radical (unpaired) electrons. The Morgan fingerprint density at radius 2 is 1.86 bits per heavy atom. The number of benzene rings is 2. The molecule has 0 aliphatic carbocycles. The van der Waals surface area contributed by atoms with Crippen molar-refractivity contribution in [2.75, 3.05) is 13.1 Å². The molecule has 1 amide bonds. The highest BCUT2D eigenvalue weighted by atomic mass is 16.2. The molecule has 0 saturated heterocycles. The van der Waals surface area contributed by atoms with E-state index in [0.717, 1.165) is 38.0 Å². The van der Waals surface area contributed by atoms with Crippen molar-refractivity contribution in [3.63, 3.8) is 0 Å². The zero-order chi connectivity index (χ0) is 20.5. The number of fused-ring (bicyclic) bond motifs is 1. The predicted octanol–water partition coefficient (Wildman–Crippen LogP) is 3.85. The molecule has 0 fully saturated rings. The first-order valence-electron chi connectivity index (χ1n) is 10.2. The van der Waals surface area contributed by atoms with Crippen molar-refractivity contribution < 1.29 is 4.79 Å². The molecule has 3 rings (SSSR count). The summed E-state index contributed by atoms with van der Waals surface area (Å²) in [4.78, 5) is 15.1. The van der Waals surface area contributed by atoms with Crippen LogP contribution in [0.4, 0.5) is 0 Å². The second kappa shape index (κ2) is 10.6. The minimum absolute atomic E-state index is 0.142. The van der Waals surface area contributed by atoms with Crippen LogP contribution in [0.2, 0.25) is 0 Å². The number of H-pyrrole nitrogens is 1. The van der Waals surface area contributed by atoms with Crippen LogP contribution in [0.5, 0.6) is 0 Å². The molecular formula is C24H30N4O. The summed E-state index contributed by atoms with van der Waals surface area (Å²) in [5.74, 6) is -0.142. The topological polar surface area (TPSA) is 68.9 Å². The third kappa shape index (κ3) is 6.04. The maximum Gasteiger partial charge on any atom is 0.258 e. The Morgan fingerprint density at radius 1 is 1.07 bits per heavy atom. The molecule has 2 aromatic carbocycles. The Morgan fingerprint density at radius 3 is 2.66 bits per heavy atom. The molecule has 29 heavy (non-hydrogen) atoms. The van der Waals surface area contributed by atoms with Gasteiger partial charge in [0.1, 0.15) is 0 Å². The fraction of sp³-hybridized carbons (Fsp3) is 0.292. The molecule has 4 N–H and O–H groups in total. The fourth-order valence-corrected chi connectivity index (χ4v) is 3.34. The minimum Gasteiger partial charge on any atom is -0.358 e. The molecule has 0 atom stereocenters. The quantitative estimate of drug-likeness (QED) is 0.241. The number of aromatic amines is 1. The van der Waals surface area contributed by atoms with E-state index in [4.69, 9.17) is 0 Å². The highest BCUT2D eigenvalue weighted by molar-refractivity contribution is 5.91. The van der Waals surface area contributed by atoms with E-state index in [2.05, 4.69) is 71.4 Å². The van der Waals surface area contributed by atoms with Crippen LogP contribution in [-0.4, -0.2) is 24.0 Å². The highest BCUT2D eigenvalue weighted by Crippen LogP contribution is 2.21. The van der Waals surface area contributed by atoms with Crippen molar-refractivity contribution in [2.45, 2.75) is 33.2 Å². The number of aromatic nitrogens is 1. The number of hydrogen-bond acceptors (Lipinski definition) is 3. The average Bonchev–Trinajstić information content (AvgIpc) is 3.06. The first-order valence-corrected chi connectivity index (χ1v) is 10.2.